The molecule has 0 unspecified atom stereocenters. The molecular weight excluding hydrogens is 490 g/mol. The van der Waals surface area contributed by atoms with Crippen molar-refractivity contribution in [1.29, 1.82) is 0 Å². The summed E-state index contributed by atoms with van der Waals surface area (Å²) >= 11 is -0.556. The van der Waals surface area contributed by atoms with Gasteiger partial charge in [0.05, 0.1) is 0 Å². The number of carbonyl (C=O) groups excluding carboxylic acids is 2. The van der Waals surface area contributed by atoms with Crippen molar-refractivity contribution in [2.45, 2.75) is 6.92 Å². The fourth-order valence-corrected chi connectivity index (χ4v) is 0. The van der Waals surface area contributed by atoms with Gasteiger partial charge in [-0.05, 0) is 0 Å². The van der Waals surface area contributed by atoms with Gasteiger partial charge in [-0.3, -0.25) is 0 Å². The van der Waals surface area contributed by atoms with Gasteiger partial charge in [0.1, 0.15) is 0 Å². The summed E-state index contributed by atoms with van der Waals surface area (Å²) < 4.78 is 0. The Morgan fingerprint density at radius 3 is 0.889 bits per heavy atom. The third kappa shape index (κ3) is 484. The van der Waals surface area contributed by atoms with Crippen molar-refractivity contribution in [1.82, 2.24) is 0 Å². The summed E-state index contributed by atoms with van der Waals surface area (Å²) in [5.41, 5.74) is 11.1. The van der Waals surface area contributed by atoms with Crippen molar-refractivity contribution < 1.29 is 135 Å². The van der Waals surface area contributed by atoms with Gasteiger partial charge in [0.25, 0.3) is 0 Å². The standard InChI is InChI=1S/C2H5.2CH3NO.2CH3.2ClH.6Ti/c1-2;2*2-1-3;;;;;;;;;;/h1H2,2H3;2*1H,(H2,2,3);2*1H3;2*1H;;;;;;/q-1;;;2*-1;;;;;;;2*+2/p-4. The number of carbonyl (C=O) groups is 2. The van der Waals surface area contributed by atoms with Crippen molar-refractivity contribution in [3.8, 4) is 0 Å². The number of amides is 2. The molecule has 102 valence electrons. The minimum Gasteiger partial charge on any atom is -0.671 e. The molecule has 0 spiro atoms. The third-order valence-electron chi connectivity index (χ3n) is 0. The van der Waals surface area contributed by atoms with Gasteiger partial charge in [-0.2, -0.15) is 6.92 Å². The fraction of sp³-hybridized carbons (Fsp3) is 0.167. The van der Waals surface area contributed by atoms with E-state index in [0.29, 0.717) is 0 Å². The molecule has 0 aromatic heterocycles. The number of hydrogen-bond donors (Lipinski definition) is 0. The van der Waals surface area contributed by atoms with Crippen LogP contribution in [-0.4, -0.2) is 12.8 Å². The molecule has 0 radical (unpaired) electrons. The molecule has 0 atom stereocenters. The number of hydrogen-bond acceptors (Lipinski definition) is 2. The summed E-state index contributed by atoms with van der Waals surface area (Å²) in [6.45, 7) is 5.00. The van der Waals surface area contributed by atoms with E-state index >= 15 is 0 Å². The molecule has 0 aliphatic rings. The Labute approximate surface area is 203 Å². The minimum absolute atomic E-state index is 0. The maximum Gasteiger partial charge on any atom is 2.00 e. The molecular formula is C6H15Cl2N2O2Ti6-3. The van der Waals surface area contributed by atoms with Crippen LogP contribution in [0.4, 0.5) is 0 Å². The van der Waals surface area contributed by atoms with Crippen molar-refractivity contribution >= 4 is 31.4 Å². The Kier molecular flexibility index (Phi) is 791. The van der Waals surface area contributed by atoms with Gasteiger partial charge in [0.2, 0.25) is 0 Å². The first kappa shape index (κ1) is 80.8. The summed E-state index contributed by atoms with van der Waals surface area (Å²) in [6.07, 6.45) is 0. The third-order valence-corrected chi connectivity index (χ3v) is 0. The second-order valence-corrected chi connectivity index (χ2v) is 2.89. The molecule has 0 aromatic rings. The molecule has 0 aliphatic carbocycles. The fourth-order valence-electron chi connectivity index (χ4n) is 0. The zero-order valence-corrected chi connectivity index (χ0v) is 21.3. The molecule has 0 saturated carbocycles. The van der Waals surface area contributed by atoms with E-state index in [9.17, 15) is 0 Å². The van der Waals surface area contributed by atoms with Gasteiger partial charge < -0.3 is 42.8 Å². The normalized spacial score (nSPS) is 2.44. The van der Waals surface area contributed by atoms with E-state index in [-0.39, 0.29) is 136 Å². The van der Waals surface area contributed by atoms with E-state index in [4.69, 9.17) is 39.7 Å². The summed E-state index contributed by atoms with van der Waals surface area (Å²) in [5, 5.41) is 0. The zero-order valence-electron chi connectivity index (χ0n) is 10.4. The van der Waals surface area contributed by atoms with Crippen LogP contribution in [0.25, 0.3) is 11.5 Å². The van der Waals surface area contributed by atoms with Crippen LogP contribution in [0.3, 0.4) is 0 Å². The van der Waals surface area contributed by atoms with Gasteiger partial charge in [0.15, 0.2) is 0 Å². The van der Waals surface area contributed by atoms with E-state index in [1.165, 1.54) is 0 Å². The van der Waals surface area contributed by atoms with Crippen LogP contribution in [-0.2, 0) is 135 Å². The molecule has 0 fully saturated rings. The van der Waals surface area contributed by atoms with Gasteiger partial charge in [-0.25, -0.2) is 0 Å². The van der Waals surface area contributed by atoms with Gasteiger partial charge >= 0.3 is 57.4 Å². The first-order valence-electron chi connectivity index (χ1n) is 2.13. The average molecular weight is 505 g/mol. The van der Waals surface area contributed by atoms with Crippen LogP contribution in [0.15, 0.2) is 0 Å². The molecule has 0 bridgehead atoms. The van der Waals surface area contributed by atoms with Crippen LogP contribution < -0.4 is 0 Å². The Morgan fingerprint density at radius 1 is 0.889 bits per heavy atom. The SMILES string of the molecule is [CH2-]C.[CH3-].[CH3-].[Cl][Ti][Cl].[NH-]C=O.[NH-]C=O.[Ti+2].[Ti].[Ti].[Ti].[Ti]. The molecule has 18 heavy (non-hydrogen) atoms. The van der Waals surface area contributed by atoms with Crippen LogP contribution in [0.2, 0.25) is 0 Å². The molecule has 12 heteroatoms. The van der Waals surface area contributed by atoms with E-state index < -0.39 is 17.0 Å². The molecule has 0 rings (SSSR count). The number of rotatable bonds is 0. The van der Waals surface area contributed by atoms with Crippen LogP contribution >= 0.6 is 18.6 Å². The number of nitrogens with one attached hydrogen (secondary N) is 2. The molecule has 2 amide bonds. The van der Waals surface area contributed by atoms with Crippen molar-refractivity contribution in [2.75, 3.05) is 0 Å². The number of halogens is 2. The van der Waals surface area contributed by atoms with E-state index in [2.05, 4.69) is 6.92 Å². The van der Waals surface area contributed by atoms with E-state index in [1.54, 1.807) is 6.92 Å². The molecule has 2 N–H and O–H groups in total. The van der Waals surface area contributed by atoms with Crippen molar-refractivity contribution in [3.63, 3.8) is 0 Å². The molecule has 0 heterocycles. The molecule has 0 aliphatic heterocycles. The van der Waals surface area contributed by atoms with Crippen molar-refractivity contribution in [3.05, 3.63) is 33.2 Å². The monoisotopic (exact) mass is 505 g/mol. The van der Waals surface area contributed by atoms with Crippen LogP contribution in [0, 0.1) is 21.8 Å². The molecule has 0 aromatic carbocycles. The smallest absolute Gasteiger partial charge is 0.671 e. The Balaban J connectivity index is -0.00000000360. The summed E-state index contributed by atoms with van der Waals surface area (Å²) in [6, 6.07) is 0. The summed E-state index contributed by atoms with van der Waals surface area (Å²) in [4.78, 5) is 16.9. The van der Waals surface area contributed by atoms with Crippen LogP contribution in [0.5, 0.6) is 0 Å². The second kappa shape index (κ2) is 176. The maximum atomic E-state index is 8.47. The largest absolute Gasteiger partial charge is 2.00 e. The Bertz CT molecular complexity index is 67.3. The van der Waals surface area contributed by atoms with Crippen LogP contribution in [0.1, 0.15) is 6.92 Å². The van der Waals surface area contributed by atoms with Gasteiger partial charge in [-0.1, -0.05) is 0 Å². The topological polar surface area (TPSA) is 81.7 Å². The predicted molar refractivity (Wildman–Crippen MR) is 56.3 cm³/mol. The second-order valence-electron chi connectivity index (χ2n) is 0.307. The minimum atomic E-state index is -0.556. The summed E-state index contributed by atoms with van der Waals surface area (Å²) in [5.74, 6) is 0. The molecule has 4 nitrogen and oxygen atoms in total. The van der Waals surface area contributed by atoms with Gasteiger partial charge in [-0.15, -0.1) is 0 Å². The Morgan fingerprint density at radius 2 is 0.889 bits per heavy atom. The first-order chi connectivity index (χ1) is 5.24. The molecule has 0 saturated heterocycles. The Hall–Kier alpha value is 3.81. The zero-order chi connectivity index (χ0) is 10.1. The first-order valence-corrected chi connectivity index (χ1v) is 6.43. The maximum absolute atomic E-state index is 8.47. The van der Waals surface area contributed by atoms with E-state index in [0.717, 1.165) is 0 Å². The average Bonchev–Trinajstić information content (AvgIpc) is 1.96. The quantitative estimate of drug-likeness (QED) is 0.287. The predicted octanol–water partition coefficient (Wildman–Crippen LogP) is 3.49. The van der Waals surface area contributed by atoms with Gasteiger partial charge in [0, 0.05) is 99.7 Å². The van der Waals surface area contributed by atoms with E-state index in [1.807, 2.05) is 0 Å². The summed E-state index contributed by atoms with van der Waals surface area (Å²) in [7, 11) is 9.78. The van der Waals surface area contributed by atoms with Crippen molar-refractivity contribution in [2.24, 2.45) is 0 Å².